The van der Waals surface area contributed by atoms with E-state index < -0.39 is 9.84 Å². The second-order valence-corrected chi connectivity index (χ2v) is 9.10. The number of guanidine groups is 1. The summed E-state index contributed by atoms with van der Waals surface area (Å²) in [6.45, 7) is 2.79. The van der Waals surface area contributed by atoms with Crippen molar-refractivity contribution in [3.05, 3.63) is 47.8 Å². The molecule has 3 rings (SSSR count). The normalized spacial score (nSPS) is 18.5. The summed E-state index contributed by atoms with van der Waals surface area (Å²) in [5.41, 5.74) is 3.32. The molecular weight excluding hydrogens is 489 g/mol. The van der Waals surface area contributed by atoms with Gasteiger partial charge in [0.1, 0.15) is 0 Å². The van der Waals surface area contributed by atoms with Crippen molar-refractivity contribution in [2.24, 2.45) is 4.99 Å². The fraction of sp³-hybridized carbons (Fsp3) is 0.474. The Morgan fingerprint density at radius 2 is 2.07 bits per heavy atom. The summed E-state index contributed by atoms with van der Waals surface area (Å²) >= 11 is 0. The molecule has 0 amide bonds. The first-order valence-corrected chi connectivity index (χ1v) is 11.1. The van der Waals surface area contributed by atoms with Gasteiger partial charge in [0.05, 0.1) is 22.9 Å². The standard InChI is InChI=1S/C19H27N5O2S.HI/c1-15-16(13-24(23-15)18-8-4-3-5-9-18)7-6-11-21-19(20-2)22-17-10-12-27(25,26)14-17;/h3-5,8-9,13,17H,6-7,10-12,14H2,1-2H3,(H2,20,21,22);1H. The third kappa shape index (κ3) is 6.20. The molecule has 1 aromatic heterocycles. The summed E-state index contributed by atoms with van der Waals surface area (Å²) in [4.78, 5) is 4.19. The number of nitrogens with one attached hydrogen (secondary N) is 2. The summed E-state index contributed by atoms with van der Waals surface area (Å²) in [6, 6.07) is 10.0. The number of aryl methyl sites for hydroxylation is 2. The van der Waals surface area contributed by atoms with Crippen LogP contribution in [0.3, 0.4) is 0 Å². The van der Waals surface area contributed by atoms with E-state index in [4.69, 9.17) is 0 Å². The zero-order valence-corrected chi connectivity index (χ0v) is 19.4. The average molecular weight is 517 g/mol. The first-order chi connectivity index (χ1) is 13.0. The Hall–Kier alpha value is -1.62. The fourth-order valence-electron chi connectivity index (χ4n) is 3.24. The third-order valence-corrected chi connectivity index (χ3v) is 6.50. The lowest BCUT2D eigenvalue weighted by Gasteiger charge is -2.15. The molecule has 0 radical (unpaired) electrons. The summed E-state index contributed by atoms with van der Waals surface area (Å²) in [6.07, 6.45) is 4.58. The highest BCUT2D eigenvalue weighted by molar-refractivity contribution is 14.0. The predicted molar refractivity (Wildman–Crippen MR) is 124 cm³/mol. The molecule has 7 nitrogen and oxygen atoms in total. The SMILES string of the molecule is CN=C(NCCCc1cn(-c2ccccc2)nc1C)NC1CCS(=O)(=O)C1.I. The summed E-state index contributed by atoms with van der Waals surface area (Å²) in [7, 11) is -1.19. The second-order valence-electron chi connectivity index (χ2n) is 6.87. The number of rotatable bonds is 6. The van der Waals surface area contributed by atoms with E-state index in [9.17, 15) is 8.42 Å². The molecule has 0 bridgehead atoms. The second kappa shape index (κ2) is 10.2. The van der Waals surface area contributed by atoms with E-state index in [0.717, 1.165) is 30.8 Å². The van der Waals surface area contributed by atoms with Crippen LogP contribution in [0.5, 0.6) is 0 Å². The van der Waals surface area contributed by atoms with Crippen LogP contribution in [0.2, 0.25) is 0 Å². The molecule has 0 aliphatic carbocycles. The molecule has 2 aromatic rings. The van der Waals surface area contributed by atoms with Gasteiger partial charge in [-0.25, -0.2) is 13.1 Å². The number of hydrogen-bond acceptors (Lipinski definition) is 4. The number of aliphatic imine (C=N–C) groups is 1. The minimum Gasteiger partial charge on any atom is -0.356 e. The van der Waals surface area contributed by atoms with Gasteiger partial charge in [0.15, 0.2) is 15.8 Å². The average Bonchev–Trinajstić information content (AvgIpc) is 3.20. The molecule has 1 atom stereocenters. The maximum Gasteiger partial charge on any atom is 0.191 e. The van der Waals surface area contributed by atoms with Crippen LogP contribution in [-0.4, -0.2) is 55.3 Å². The van der Waals surface area contributed by atoms with Gasteiger partial charge in [-0.1, -0.05) is 18.2 Å². The lowest BCUT2D eigenvalue weighted by Crippen LogP contribution is -2.44. The monoisotopic (exact) mass is 517 g/mol. The van der Waals surface area contributed by atoms with E-state index in [1.54, 1.807) is 7.05 Å². The minimum atomic E-state index is -2.89. The van der Waals surface area contributed by atoms with Gasteiger partial charge >= 0.3 is 0 Å². The van der Waals surface area contributed by atoms with Gasteiger partial charge in [-0.05, 0) is 43.9 Å². The highest BCUT2D eigenvalue weighted by Crippen LogP contribution is 2.13. The maximum absolute atomic E-state index is 11.6. The van der Waals surface area contributed by atoms with Crippen LogP contribution < -0.4 is 10.6 Å². The molecule has 1 unspecified atom stereocenters. The van der Waals surface area contributed by atoms with Crippen molar-refractivity contribution in [1.82, 2.24) is 20.4 Å². The molecule has 0 saturated carbocycles. The van der Waals surface area contributed by atoms with Crippen molar-refractivity contribution in [3.8, 4) is 5.69 Å². The van der Waals surface area contributed by atoms with E-state index in [-0.39, 0.29) is 41.5 Å². The van der Waals surface area contributed by atoms with Crippen LogP contribution in [0, 0.1) is 6.92 Å². The van der Waals surface area contributed by atoms with Gasteiger partial charge in [-0.2, -0.15) is 5.10 Å². The number of nitrogens with zero attached hydrogens (tertiary/aromatic N) is 3. The van der Waals surface area contributed by atoms with Crippen LogP contribution in [0.15, 0.2) is 41.5 Å². The Labute approximate surface area is 184 Å². The van der Waals surface area contributed by atoms with Crippen LogP contribution >= 0.6 is 24.0 Å². The molecule has 1 aliphatic heterocycles. The van der Waals surface area contributed by atoms with Crippen molar-refractivity contribution in [2.75, 3.05) is 25.1 Å². The molecular formula is C19H28IN5O2S. The van der Waals surface area contributed by atoms with Crippen LogP contribution in [-0.2, 0) is 16.3 Å². The molecule has 9 heteroatoms. The van der Waals surface area contributed by atoms with Crippen molar-refractivity contribution in [1.29, 1.82) is 0 Å². The number of hydrogen-bond donors (Lipinski definition) is 2. The van der Waals surface area contributed by atoms with Gasteiger partial charge < -0.3 is 10.6 Å². The molecule has 154 valence electrons. The summed E-state index contributed by atoms with van der Waals surface area (Å²) in [5.74, 6) is 1.10. The highest BCUT2D eigenvalue weighted by atomic mass is 127. The predicted octanol–water partition coefficient (Wildman–Crippen LogP) is 2.08. The molecule has 1 saturated heterocycles. The number of halogens is 1. The lowest BCUT2D eigenvalue weighted by atomic mass is 10.1. The van der Waals surface area contributed by atoms with E-state index in [2.05, 4.69) is 26.9 Å². The van der Waals surface area contributed by atoms with Crippen molar-refractivity contribution >= 4 is 39.8 Å². The Bertz CT molecular complexity index is 896. The van der Waals surface area contributed by atoms with Gasteiger partial charge in [0, 0.05) is 25.8 Å². The number of aromatic nitrogens is 2. The zero-order chi connectivity index (χ0) is 19.3. The zero-order valence-electron chi connectivity index (χ0n) is 16.3. The van der Waals surface area contributed by atoms with Gasteiger partial charge in [0.25, 0.3) is 0 Å². The Balaban J connectivity index is 0.00000280. The number of sulfone groups is 1. The first-order valence-electron chi connectivity index (χ1n) is 9.25. The molecule has 2 N–H and O–H groups in total. The molecule has 28 heavy (non-hydrogen) atoms. The Morgan fingerprint density at radius 1 is 1.32 bits per heavy atom. The maximum atomic E-state index is 11.6. The molecule has 1 aromatic carbocycles. The van der Waals surface area contributed by atoms with E-state index in [0.29, 0.717) is 12.4 Å². The van der Waals surface area contributed by atoms with E-state index >= 15 is 0 Å². The van der Waals surface area contributed by atoms with E-state index in [1.165, 1.54) is 5.56 Å². The molecule has 2 heterocycles. The molecule has 1 fully saturated rings. The van der Waals surface area contributed by atoms with Crippen LogP contribution in [0.25, 0.3) is 5.69 Å². The quantitative estimate of drug-likeness (QED) is 0.265. The summed E-state index contributed by atoms with van der Waals surface area (Å²) < 4.78 is 25.0. The third-order valence-electron chi connectivity index (χ3n) is 4.73. The smallest absolute Gasteiger partial charge is 0.191 e. The number of para-hydroxylation sites is 1. The Kier molecular flexibility index (Phi) is 8.29. The highest BCUT2D eigenvalue weighted by Gasteiger charge is 2.28. The van der Waals surface area contributed by atoms with Crippen LogP contribution in [0.4, 0.5) is 0 Å². The van der Waals surface area contributed by atoms with Crippen molar-refractivity contribution in [3.63, 3.8) is 0 Å². The molecule has 1 aliphatic rings. The van der Waals surface area contributed by atoms with Gasteiger partial charge in [-0.15, -0.1) is 24.0 Å². The summed E-state index contributed by atoms with van der Waals surface area (Å²) in [5, 5.41) is 11.1. The minimum absolute atomic E-state index is 0. The topological polar surface area (TPSA) is 88.4 Å². The lowest BCUT2D eigenvalue weighted by molar-refractivity contribution is 0.599. The van der Waals surface area contributed by atoms with Gasteiger partial charge in [-0.3, -0.25) is 4.99 Å². The van der Waals surface area contributed by atoms with Gasteiger partial charge in [0.2, 0.25) is 0 Å². The number of benzene rings is 1. The Morgan fingerprint density at radius 3 is 2.71 bits per heavy atom. The first kappa shape index (κ1) is 22.7. The van der Waals surface area contributed by atoms with Crippen LogP contribution in [0.1, 0.15) is 24.1 Å². The largest absolute Gasteiger partial charge is 0.356 e. The van der Waals surface area contributed by atoms with Crippen molar-refractivity contribution in [2.45, 2.75) is 32.2 Å². The van der Waals surface area contributed by atoms with Crippen molar-refractivity contribution < 1.29 is 8.42 Å². The van der Waals surface area contributed by atoms with E-state index in [1.807, 2.05) is 41.9 Å². The fourth-order valence-corrected chi connectivity index (χ4v) is 4.91. The molecule has 0 spiro atoms.